The third-order valence-corrected chi connectivity index (χ3v) is 3.24. The van der Waals surface area contributed by atoms with Crippen molar-refractivity contribution in [3.63, 3.8) is 0 Å². The van der Waals surface area contributed by atoms with Gasteiger partial charge in [0.15, 0.2) is 0 Å². The Morgan fingerprint density at radius 3 is 2.30 bits per heavy atom. The Balaban J connectivity index is 2.56. The maximum absolute atomic E-state index is 11.8. The van der Waals surface area contributed by atoms with Crippen LogP contribution >= 0.6 is 0 Å². The van der Waals surface area contributed by atoms with E-state index in [4.69, 9.17) is 5.11 Å². The molecule has 1 aromatic carbocycles. The number of amides is 1. The van der Waals surface area contributed by atoms with Crippen LogP contribution < -0.4 is 5.32 Å². The average molecular weight is 277 g/mol. The Morgan fingerprint density at radius 1 is 1.20 bits per heavy atom. The minimum absolute atomic E-state index is 0.0417. The Morgan fingerprint density at radius 2 is 1.80 bits per heavy atom. The second-order valence-corrected chi connectivity index (χ2v) is 5.71. The van der Waals surface area contributed by atoms with Crippen molar-refractivity contribution in [2.75, 3.05) is 5.32 Å². The highest BCUT2D eigenvalue weighted by molar-refractivity contribution is 5.94. The van der Waals surface area contributed by atoms with E-state index in [1.807, 2.05) is 24.3 Å². The molecule has 4 heteroatoms. The van der Waals surface area contributed by atoms with Crippen molar-refractivity contribution in [2.45, 2.75) is 46.5 Å². The van der Waals surface area contributed by atoms with E-state index in [0.29, 0.717) is 5.69 Å². The number of anilines is 1. The lowest BCUT2D eigenvalue weighted by molar-refractivity contribution is -0.148. The fourth-order valence-corrected chi connectivity index (χ4v) is 1.82. The van der Waals surface area contributed by atoms with Gasteiger partial charge in [-0.1, -0.05) is 25.5 Å². The summed E-state index contributed by atoms with van der Waals surface area (Å²) in [6.07, 6.45) is 3.30. The number of nitrogens with one attached hydrogen (secondary N) is 1. The maximum Gasteiger partial charge on any atom is 0.309 e. The first-order valence-corrected chi connectivity index (χ1v) is 6.97. The number of carboxylic acid groups (broad SMARTS) is 1. The molecule has 1 aromatic rings. The van der Waals surface area contributed by atoms with Crippen molar-refractivity contribution in [1.29, 1.82) is 0 Å². The molecule has 0 radical (unpaired) electrons. The summed E-state index contributed by atoms with van der Waals surface area (Å²) < 4.78 is 0. The van der Waals surface area contributed by atoms with Crippen LogP contribution in [0.4, 0.5) is 5.69 Å². The van der Waals surface area contributed by atoms with Crippen LogP contribution in [-0.4, -0.2) is 17.0 Å². The lowest BCUT2D eigenvalue weighted by Crippen LogP contribution is -2.29. The lowest BCUT2D eigenvalue weighted by atomic mass is 9.89. The number of hydrogen-bond donors (Lipinski definition) is 2. The average Bonchev–Trinajstić information content (AvgIpc) is 2.37. The van der Waals surface area contributed by atoms with E-state index in [2.05, 4.69) is 12.2 Å². The summed E-state index contributed by atoms with van der Waals surface area (Å²) in [5.41, 5.74) is 0.901. The predicted octanol–water partition coefficient (Wildman–Crippen LogP) is 3.47. The first-order chi connectivity index (χ1) is 9.35. The van der Waals surface area contributed by atoms with Crippen molar-refractivity contribution < 1.29 is 14.7 Å². The molecule has 1 rings (SSSR count). The molecule has 0 saturated heterocycles. The summed E-state index contributed by atoms with van der Waals surface area (Å²) in [5, 5.41) is 11.7. The third-order valence-electron chi connectivity index (χ3n) is 3.24. The number of benzene rings is 1. The standard InChI is InChI=1S/C16H23NO3/c1-4-5-6-12-7-9-13(10-8-12)17-14(18)11-16(2,3)15(19)20/h7-10H,4-6,11H2,1-3H3,(H,17,18)(H,19,20). The molecule has 0 heterocycles. The van der Waals surface area contributed by atoms with Gasteiger partial charge in [-0.15, -0.1) is 0 Å². The van der Waals surface area contributed by atoms with E-state index in [1.54, 1.807) is 13.8 Å². The molecule has 0 unspecified atom stereocenters. The molecule has 0 fully saturated rings. The van der Waals surface area contributed by atoms with Gasteiger partial charge in [0.05, 0.1) is 5.41 Å². The van der Waals surface area contributed by atoms with Crippen LogP contribution in [0.5, 0.6) is 0 Å². The van der Waals surface area contributed by atoms with Gasteiger partial charge in [0.2, 0.25) is 5.91 Å². The van der Waals surface area contributed by atoms with E-state index < -0.39 is 11.4 Å². The van der Waals surface area contributed by atoms with Gasteiger partial charge >= 0.3 is 5.97 Å². The fraction of sp³-hybridized carbons (Fsp3) is 0.500. The van der Waals surface area contributed by atoms with Crippen molar-refractivity contribution in [3.8, 4) is 0 Å². The van der Waals surface area contributed by atoms with Gasteiger partial charge in [-0.3, -0.25) is 9.59 Å². The SMILES string of the molecule is CCCCc1ccc(NC(=O)CC(C)(C)C(=O)O)cc1. The molecular weight excluding hydrogens is 254 g/mol. The number of unbranched alkanes of at least 4 members (excludes halogenated alkanes) is 1. The number of aryl methyl sites for hydroxylation is 1. The van der Waals surface area contributed by atoms with Gasteiger partial charge in [0, 0.05) is 12.1 Å². The molecular formula is C16H23NO3. The first-order valence-electron chi connectivity index (χ1n) is 6.97. The van der Waals surface area contributed by atoms with Crippen LogP contribution in [0.2, 0.25) is 0 Å². The van der Waals surface area contributed by atoms with Crippen molar-refractivity contribution in [2.24, 2.45) is 5.41 Å². The largest absolute Gasteiger partial charge is 0.481 e. The van der Waals surface area contributed by atoms with Gasteiger partial charge in [0.1, 0.15) is 0 Å². The minimum atomic E-state index is -1.05. The summed E-state index contributed by atoms with van der Waals surface area (Å²) in [5.74, 6) is -1.25. The monoisotopic (exact) mass is 277 g/mol. The zero-order valence-electron chi connectivity index (χ0n) is 12.4. The van der Waals surface area contributed by atoms with Crippen molar-refractivity contribution in [1.82, 2.24) is 0 Å². The zero-order chi connectivity index (χ0) is 15.2. The molecule has 0 atom stereocenters. The van der Waals surface area contributed by atoms with E-state index in [0.717, 1.165) is 19.3 Å². The summed E-state index contributed by atoms with van der Waals surface area (Å²) in [6.45, 7) is 5.24. The molecule has 0 aromatic heterocycles. The number of carbonyl (C=O) groups excluding carboxylic acids is 1. The van der Waals surface area contributed by atoms with Gasteiger partial charge in [-0.25, -0.2) is 0 Å². The molecule has 0 aliphatic carbocycles. The predicted molar refractivity (Wildman–Crippen MR) is 79.7 cm³/mol. The molecule has 0 aliphatic heterocycles. The highest BCUT2D eigenvalue weighted by atomic mass is 16.4. The Hall–Kier alpha value is -1.84. The van der Waals surface area contributed by atoms with Crippen LogP contribution in [0, 0.1) is 5.41 Å². The maximum atomic E-state index is 11.8. The molecule has 20 heavy (non-hydrogen) atoms. The molecule has 0 spiro atoms. The fourth-order valence-electron chi connectivity index (χ4n) is 1.82. The summed E-state index contributed by atoms with van der Waals surface area (Å²) >= 11 is 0. The Kier molecular flexibility index (Phi) is 5.74. The molecule has 1 amide bonds. The normalized spacial score (nSPS) is 11.2. The highest BCUT2D eigenvalue weighted by Gasteiger charge is 2.30. The van der Waals surface area contributed by atoms with Crippen LogP contribution in [0.25, 0.3) is 0 Å². The molecule has 0 saturated carbocycles. The summed E-state index contributed by atoms with van der Waals surface area (Å²) in [6, 6.07) is 7.70. The zero-order valence-corrected chi connectivity index (χ0v) is 12.4. The van der Waals surface area contributed by atoms with Gasteiger partial charge in [-0.05, 0) is 44.4 Å². The Labute approximate surface area is 120 Å². The molecule has 0 bridgehead atoms. The van der Waals surface area contributed by atoms with Crippen LogP contribution in [0.3, 0.4) is 0 Å². The summed E-state index contributed by atoms with van der Waals surface area (Å²) in [4.78, 5) is 22.8. The van der Waals surface area contributed by atoms with Gasteiger partial charge in [-0.2, -0.15) is 0 Å². The van der Waals surface area contributed by atoms with Crippen molar-refractivity contribution >= 4 is 17.6 Å². The number of rotatable bonds is 7. The first kappa shape index (κ1) is 16.2. The third kappa shape index (κ3) is 5.03. The van der Waals surface area contributed by atoms with Crippen molar-refractivity contribution in [3.05, 3.63) is 29.8 Å². The molecule has 110 valence electrons. The summed E-state index contributed by atoms with van der Waals surface area (Å²) in [7, 11) is 0. The molecule has 4 nitrogen and oxygen atoms in total. The highest BCUT2D eigenvalue weighted by Crippen LogP contribution is 2.21. The number of aliphatic carboxylic acids is 1. The quantitative estimate of drug-likeness (QED) is 0.802. The lowest BCUT2D eigenvalue weighted by Gasteiger charge is -2.18. The van der Waals surface area contributed by atoms with Crippen LogP contribution in [0.1, 0.15) is 45.6 Å². The van der Waals surface area contributed by atoms with Crippen LogP contribution in [0.15, 0.2) is 24.3 Å². The molecule has 2 N–H and O–H groups in total. The number of hydrogen-bond acceptors (Lipinski definition) is 2. The number of carbonyl (C=O) groups is 2. The second-order valence-electron chi connectivity index (χ2n) is 5.71. The van der Waals surface area contributed by atoms with E-state index in [1.165, 1.54) is 5.56 Å². The van der Waals surface area contributed by atoms with Crippen LogP contribution in [-0.2, 0) is 16.0 Å². The number of carboxylic acids is 1. The topological polar surface area (TPSA) is 66.4 Å². The van der Waals surface area contributed by atoms with E-state index >= 15 is 0 Å². The van der Waals surface area contributed by atoms with Gasteiger partial charge in [0.25, 0.3) is 0 Å². The van der Waals surface area contributed by atoms with E-state index in [9.17, 15) is 9.59 Å². The second kappa shape index (κ2) is 7.08. The van der Waals surface area contributed by atoms with Gasteiger partial charge < -0.3 is 10.4 Å². The van der Waals surface area contributed by atoms with E-state index in [-0.39, 0.29) is 12.3 Å². The Bertz CT molecular complexity index is 463. The smallest absolute Gasteiger partial charge is 0.309 e. The molecule has 0 aliphatic rings. The minimum Gasteiger partial charge on any atom is -0.481 e.